The van der Waals surface area contributed by atoms with Crippen molar-refractivity contribution >= 4 is 34.1 Å². The first kappa shape index (κ1) is 23.3. The van der Waals surface area contributed by atoms with Crippen molar-refractivity contribution < 1.29 is 19.1 Å². The predicted molar refractivity (Wildman–Crippen MR) is 116 cm³/mol. The molecule has 1 atom stereocenters. The van der Waals surface area contributed by atoms with Crippen LogP contribution in [0.1, 0.15) is 54.9 Å². The number of nitrogens with one attached hydrogen (secondary N) is 1. The smallest absolute Gasteiger partial charge is 0.341 e. The van der Waals surface area contributed by atoms with Crippen molar-refractivity contribution in [2.24, 2.45) is 5.92 Å². The number of carbonyl (C=O) groups excluding carboxylic acids is 3. The van der Waals surface area contributed by atoms with E-state index in [0.717, 1.165) is 29.7 Å². The highest BCUT2D eigenvalue weighted by Gasteiger charge is 2.29. The fourth-order valence-electron chi connectivity index (χ4n) is 3.63. The zero-order valence-electron chi connectivity index (χ0n) is 18.2. The van der Waals surface area contributed by atoms with Crippen LogP contribution in [0.25, 0.3) is 0 Å². The highest BCUT2D eigenvalue weighted by molar-refractivity contribution is 7.17. The van der Waals surface area contributed by atoms with Gasteiger partial charge in [0.05, 0.1) is 25.3 Å². The minimum atomic E-state index is -0.375. The third-order valence-electron chi connectivity index (χ3n) is 5.18. The Morgan fingerprint density at radius 1 is 1.17 bits per heavy atom. The van der Waals surface area contributed by atoms with Gasteiger partial charge < -0.3 is 15.0 Å². The zero-order valence-corrected chi connectivity index (χ0v) is 19.0. The lowest BCUT2D eigenvalue weighted by Crippen LogP contribution is -2.41. The molecule has 0 saturated carbocycles. The van der Waals surface area contributed by atoms with E-state index in [0.29, 0.717) is 36.2 Å². The van der Waals surface area contributed by atoms with Crippen LogP contribution in [-0.4, -0.2) is 67.4 Å². The number of anilines is 1. The minimum Gasteiger partial charge on any atom is -0.462 e. The maximum absolute atomic E-state index is 12.6. The molecule has 1 aromatic heterocycles. The molecule has 162 valence electrons. The van der Waals surface area contributed by atoms with E-state index in [9.17, 15) is 14.4 Å². The number of hydrogen-bond acceptors (Lipinski definition) is 6. The van der Waals surface area contributed by atoms with Crippen molar-refractivity contribution in [2.75, 3.05) is 45.2 Å². The maximum Gasteiger partial charge on any atom is 0.341 e. The minimum absolute atomic E-state index is 0.00177. The van der Waals surface area contributed by atoms with Crippen LogP contribution in [0.3, 0.4) is 0 Å². The van der Waals surface area contributed by atoms with Gasteiger partial charge in [0.1, 0.15) is 5.00 Å². The van der Waals surface area contributed by atoms with Crippen LogP contribution in [0, 0.1) is 5.92 Å². The first-order valence-corrected chi connectivity index (χ1v) is 11.2. The number of hydrogen-bond donors (Lipinski definition) is 1. The van der Waals surface area contributed by atoms with Crippen molar-refractivity contribution in [3.63, 3.8) is 0 Å². The molecule has 0 bridgehead atoms. The Kier molecular flexibility index (Phi) is 8.64. The summed E-state index contributed by atoms with van der Waals surface area (Å²) in [5.41, 5.74) is 1.53. The van der Waals surface area contributed by atoms with Gasteiger partial charge in [-0.3, -0.25) is 14.5 Å². The molecule has 1 aliphatic carbocycles. The van der Waals surface area contributed by atoms with Gasteiger partial charge in [0.2, 0.25) is 11.8 Å². The fourth-order valence-corrected chi connectivity index (χ4v) is 5.05. The SMILES string of the molecule is CCOC(=O)c1c(NC(=O)CN(C)CC(=O)N(CC)CC)sc2c1CC[C@H](C)C2. The Balaban J connectivity index is 2.09. The highest BCUT2D eigenvalue weighted by Crippen LogP contribution is 2.40. The number of thiophene rings is 1. The van der Waals surface area contributed by atoms with Gasteiger partial charge in [-0.2, -0.15) is 0 Å². The van der Waals surface area contributed by atoms with Gasteiger partial charge in [-0.15, -0.1) is 11.3 Å². The van der Waals surface area contributed by atoms with E-state index in [1.54, 1.807) is 23.8 Å². The highest BCUT2D eigenvalue weighted by atomic mass is 32.1. The first-order valence-electron chi connectivity index (χ1n) is 10.4. The zero-order chi connectivity index (χ0) is 21.6. The van der Waals surface area contributed by atoms with Crippen molar-refractivity contribution in [1.29, 1.82) is 0 Å². The van der Waals surface area contributed by atoms with Crippen molar-refractivity contribution in [3.05, 3.63) is 16.0 Å². The van der Waals surface area contributed by atoms with Crippen molar-refractivity contribution in [3.8, 4) is 0 Å². The summed E-state index contributed by atoms with van der Waals surface area (Å²) in [5.74, 6) is -0.0491. The molecular formula is C21H33N3O4S. The van der Waals surface area contributed by atoms with E-state index in [1.165, 1.54) is 11.3 Å². The summed E-state index contributed by atoms with van der Waals surface area (Å²) in [5, 5.41) is 3.46. The number of esters is 1. The molecule has 0 unspecified atom stereocenters. The first-order chi connectivity index (χ1) is 13.8. The summed E-state index contributed by atoms with van der Waals surface area (Å²) in [4.78, 5) is 42.0. The molecule has 0 aliphatic heterocycles. The predicted octanol–water partition coefficient (Wildman–Crippen LogP) is 2.79. The molecule has 0 radical (unpaired) electrons. The number of nitrogens with zero attached hydrogens (tertiary/aromatic N) is 2. The summed E-state index contributed by atoms with van der Waals surface area (Å²) in [6, 6.07) is 0. The summed E-state index contributed by atoms with van der Waals surface area (Å²) in [7, 11) is 1.74. The average molecular weight is 424 g/mol. The average Bonchev–Trinajstić information content (AvgIpc) is 2.99. The normalized spacial score (nSPS) is 15.7. The molecule has 1 aromatic rings. The quantitative estimate of drug-likeness (QED) is 0.618. The van der Waals surface area contributed by atoms with E-state index in [1.807, 2.05) is 13.8 Å². The lowest BCUT2D eigenvalue weighted by atomic mass is 9.88. The van der Waals surface area contributed by atoms with Crippen LogP contribution < -0.4 is 5.32 Å². The van der Waals surface area contributed by atoms with Gasteiger partial charge in [-0.1, -0.05) is 6.92 Å². The van der Waals surface area contributed by atoms with E-state index in [-0.39, 0.29) is 30.9 Å². The molecule has 0 fully saturated rings. The van der Waals surface area contributed by atoms with Crippen LogP contribution in [0.15, 0.2) is 0 Å². The number of ether oxygens (including phenoxy) is 1. The van der Waals surface area contributed by atoms with E-state index < -0.39 is 0 Å². The lowest BCUT2D eigenvalue weighted by Gasteiger charge is -2.22. The second kappa shape index (κ2) is 10.7. The van der Waals surface area contributed by atoms with Crippen molar-refractivity contribution in [2.45, 2.75) is 47.0 Å². The van der Waals surface area contributed by atoms with Crippen LogP contribution in [0.2, 0.25) is 0 Å². The maximum atomic E-state index is 12.6. The number of carbonyl (C=O) groups is 3. The van der Waals surface area contributed by atoms with E-state index >= 15 is 0 Å². The molecule has 1 heterocycles. The van der Waals surface area contributed by atoms with Gasteiger partial charge in [0.15, 0.2) is 0 Å². The van der Waals surface area contributed by atoms with Crippen molar-refractivity contribution in [1.82, 2.24) is 9.80 Å². The molecule has 0 saturated heterocycles. The molecule has 29 heavy (non-hydrogen) atoms. The summed E-state index contributed by atoms with van der Waals surface area (Å²) in [6.07, 6.45) is 2.77. The largest absolute Gasteiger partial charge is 0.462 e. The topological polar surface area (TPSA) is 79.0 Å². The number of likely N-dealkylation sites (N-methyl/N-ethyl adjacent to an activating group) is 2. The third kappa shape index (κ3) is 6.02. The molecule has 2 amide bonds. The molecule has 7 nitrogen and oxygen atoms in total. The molecule has 1 N–H and O–H groups in total. The van der Waals surface area contributed by atoms with Crippen LogP contribution in [0.4, 0.5) is 5.00 Å². The van der Waals surface area contributed by atoms with E-state index in [2.05, 4.69) is 12.2 Å². The Hall–Kier alpha value is -1.93. The van der Waals surface area contributed by atoms with Crippen LogP contribution >= 0.6 is 11.3 Å². The summed E-state index contributed by atoms with van der Waals surface area (Å²) >= 11 is 1.47. The van der Waals surface area contributed by atoms with Gasteiger partial charge in [0, 0.05) is 18.0 Å². The third-order valence-corrected chi connectivity index (χ3v) is 6.35. The van der Waals surface area contributed by atoms with Gasteiger partial charge >= 0.3 is 5.97 Å². The number of rotatable bonds is 9. The van der Waals surface area contributed by atoms with Crippen LogP contribution in [-0.2, 0) is 27.2 Å². The Morgan fingerprint density at radius 2 is 1.86 bits per heavy atom. The van der Waals surface area contributed by atoms with E-state index in [4.69, 9.17) is 4.74 Å². The fraction of sp³-hybridized carbons (Fsp3) is 0.667. The van der Waals surface area contributed by atoms with Gasteiger partial charge in [0.25, 0.3) is 0 Å². The Labute approximate surface area is 177 Å². The van der Waals surface area contributed by atoms with Gasteiger partial charge in [-0.05, 0) is 58.6 Å². The Morgan fingerprint density at radius 3 is 2.48 bits per heavy atom. The second-order valence-corrected chi connectivity index (χ2v) is 8.67. The lowest BCUT2D eigenvalue weighted by molar-refractivity contribution is -0.132. The van der Waals surface area contributed by atoms with Crippen LogP contribution in [0.5, 0.6) is 0 Å². The summed E-state index contributed by atoms with van der Waals surface area (Å²) in [6.45, 7) is 9.70. The monoisotopic (exact) mass is 423 g/mol. The number of fused-ring (bicyclic) bond motifs is 1. The molecular weight excluding hydrogens is 390 g/mol. The molecule has 2 rings (SSSR count). The van der Waals surface area contributed by atoms with Gasteiger partial charge in [-0.25, -0.2) is 4.79 Å². The standard InChI is InChI=1S/C21H33N3O4S/c1-6-24(7-2)18(26)13-23(5)12-17(25)22-20-19(21(27)28-8-3)15-10-9-14(4)11-16(15)29-20/h14H,6-13H2,1-5H3,(H,22,25)/t14-/m0/s1. The Bertz CT molecular complexity index is 743. The molecule has 8 heteroatoms. The second-order valence-electron chi connectivity index (χ2n) is 7.56. The molecule has 0 aromatic carbocycles. The molecule has 0 spiro atoms. The molecule has 1 aliphatic rings. The summed E-state index contributed by atoms with van der Waals surface area (Å²) < 4.78 is 5.24. The number of amides is 2.